The van der Waals surface area contributed by atoms with E-state index in [1.54, 1.807) is 6.92 Å². The number of guanidine groups is 1. The highest BCUT2D eigenvalue weighted by molar-refractivity contribution is 6.31. The largest absolute Gasteiger partial charge is 0.423 e. The van der Waals surface area contributed by atoms with Crippen molar-refractivity contribution in [3.05, 3.63) is 64.8 Å². The number of hydrogen-bond acceptors (Lipinski definition) is 9. The molecule has 5 rings (SSSR count). The Morgan fingerprint density at radius 3 is 2.87 bits per heavy atom. The van der Waals surface area contributed by atoms with Gasteiger partial charge in [0, 0.05) is 11.8 Å². The fourth-order valence-corrected chi connectivity index (χ4v) is 3.40. The van der Waals surface area contributed by atoms with E-state index in [2.05, 4.69) is 41.3 Å². The van der Waals surface area contributed by atoms with Crippen molar-refractivity contribution in [2.45, 2.75) is 13.0 Å². The SMILES string of the molecule is CC1=C(C(=O)Nc2ccon2)C(c2[nH]ncc2Cl)N=C(Nc2nc3ccccc3o2)N1. The summed E-state index contributed by atoms with van der Waals surface area (Å²) in [4.78, 5) is 22.0. The summed E-state index contributed by atoms with van der Waals surface area (Å²) >= 11 is 6.28. The third-order valence-electron chi connectivity index (χ3n) is 4.58. The summed E-state index contributed by atoms with van der Waals surface area (Å²) in [5.74, 6) is 0.191. The van der Waals surface area contributed by atoms with Gasteiger partial charge < -0.3 is 19.6 Å². The monoisotopic (exact) mass is 438 g/mol. The van der Waals surface area contributed by atoms with Crippen LogP contribution in [-0.4, -0.2) is 32.2 Å². The van der Waals surface area contributed by atoms with Crippen molar-refractivity contribution in [1.29, 1.82) is 0 Å². The number of para-hydroxylation sites is 2. The van der Waals surface area contributed by atoms with Gasteiger partial charge in [0.05, 0.1) is 22.5 Å². The van der Waals surface area contributed by atoms with Gasteiger partial charge >= 0.3 is 6.01 Å². The average molecular weight is 439 g/mol. The minimum Gasteiger partial charge on any atom is -0.423 e. The fourth-order valence-electron chi connectivity index (χ4n) is 3.20. The second-order valence-electron chi connectivity index (χ2n) is 6.63. The number of rotatable bonds is 4. The number of allylic oxidation sites excluding steroid dienone is 1. The second-order valence-corrected chi connectivity index (χ2v) is 7.03. The minimum absolute atomic E-state index is 0.255. The molecule has 0 saturated heterocycles. The Balaban J connectivity index is 1.48. The van der Waals surface area contributed by atoms with Gasteiger partial charge in [-0.3, -0.25) is 15.2 Å². The number of nitrogens with zero attached hydrogens (tertiary/aromatic N) is 4. The molecule has 4 aromatic rings. The predicted octanol–water partition coefficient (Wildman–Crippen LogP) is 3.22. The van der Waals surface area contributed by atoms with Crippen LogP contribution >= 0.6 is 11.6 Å². The topological polar surface area (TPSA) is 146 Å². The maximum atomic E-state index is 13.0. The first kappa shape index (κ1) is 18.9. The molecule has 3 aromatic heterocycles. The van der Waals surface area contributed by atoms with Crippen LogP contribution in [0.4, 0.5) is 11.8 Å². The second kappa shape index (κ2) is 7.61. The lowest BCUT2D eigenvalue weighted by Crippen LogP contribution is -2.37. The number of hydrogen-bond donors (Lipinski definition) is 4. The van der Waals surface area contributed by atoms with Crippen molar-refractivity contribution in [2.24, 2.45) is 4.99 Å². The molecule has 1 aromatic carbocycles. The van der Waals surface area contributed by atoms with Crippen LogP contribution in [0.15, 0.2) is 68.0 Å². The zero-order chi connectivity index (χ0) is 21.4. The lowest BCUT2D eigenvalue weighted by atomic mass is 10.00. The van der Waals surface area contributed by atoms with Crippen molar-refractivity contribution in [2.75, 3.05) is 10.6 Å². The maximum Gasteiger partial charge on any atom is 0.302 e. The normalized spacial score (nSPS) is 16.2. The molecule has 0 aliphatic carbocycles. The Labute approximate surface area is 179 Å². The average Bonchev–Trinajstić information content (AvgIpc) is 3.48. The Morgan fingerprint density at radius 2 is 2.13 bits per heavy atom. The lowest BCUT2D eigenvalue weighted by molar-refractivity contribution is -0.113. The Morgan fingerprint density at radius 1 is 1.26 bits per heavy atom. The van der Waals surface area contributed by atoms with Gasteiger partial charge in [-0.1, -0.05) is 28.9 Å². The quantitative estimate of drug-likeness (QED) is 0.380. The number of amides is 1. The summed E-state index contributed by atoms with van der Waals surface area (Å²) in [7, 11) is 0. The van der Waals surface area contributed by atoms with Crippen LogP contribution in [0, 0.1) is 0 Å². The maximum absolute atomic E-state index is 13.0. The molecule has 11 nitrogen and oxygen atoms in total. The Kier molecular flexibility index (Phi) is 4.64. The predicted molar refractivity (Wildman–Crippen MR) is 112 cm³/mol. The summed E-state index contributed by atoms with van der Waals surface area (Å²) in [5.41, 5.74) is 2.68. The molecule has 156 valence electrons. The lowest BCUT2D eigenvalue weighted by Gasteiger charge is -2.25. The molecule has 12 heteroatoms. The van der Waals surface area contributed by atoms with Crippen molar-refractivity contribution in [3.63, 3.8) is 0 Å². The first-order valence-electron chi connectivity index (χ1n) is 9.17. The molecule has 1 unspecified atom stereocenters. The number of nitrogens with one attached hydrogen (secondary N) is 4. The molecular weight excluding hydrogens is 424 g/mol. The number of anilines is 2. The van der Waals surface area contributed by atoms with E-state index in [0.29, 0.717) is 39.0 Å². The molecule has 0 saturated carbocycles. The first-order chi connectivity index (χ1) is 15.1. The first-order valence-corrected chi connectivity index (χ1v) is 9.55. The number of aromatic nitrogens is 4. The number of carbonyl (C=O) groups excluding carboxylic acids is 1. The van der Waals surface area contributed by atoms with Gasteiger partial charge in [0.15, 0.2) is 11.4 Å². The van der Waals surface area contributed by atoms with Crippen molar-refractivity contribution in [1.82, 2.24) is 25.7 Å². The van der Waals surface area contributed by atoms with Gasteiger partial charge in [0.1, 0.15) is 17.8 Å². The van der Waals surface area contributed by atoms with E-state index < -0.39 is 11.9 Å². The number of oxazole rings is 1. The van der Waals surface area contributed by atoms with Crippen LogP contribution in [0.25, 0.3) is 11.1 Å². The summed E-state index contributed by atoms with van der Waals surface area (Å²) < 4.78 is 10.5. The van der Waals surface area contributed by atoms with Crippen LogP contribution in [0.2, 0.25) is 5.02 Å². The van der Waals surface area contributed by atoms with E-state index in [1.165, 1.54) is 18.5 Å². The molecule has 31 heavy (non-hydrogen) atoms. The number of H-pyrrole nitrogens is 1. The summed E-state index contributed by atoms with van der Waals surface area (Å²) in [5, 5.41) is 19.6. The number of carbonyl (C=O) groups is 1. The zero-order valence-electron chi connectivity index (χ0n) is 16.0. The Bertz CT molecular complexity index is 1290. The molecule has 4 N–H and O–H groups in total. The van der Waals surface area contributed by atoms with Crippen molar-refractivity contribution < 1.29 is 13.7 Å². The molecule has 1 atom stereocenters. The molecule has 1 amide bonds. The minimum atomic E-state index is -0.768. The smallest absolute Gasteiger partial charge is 0.302 e. The molecule has 0 radical (unpaired) electrons. The van der Waals surface area contributed by atoms with Gasteiger partial charge in [0.2, 0.25) is 5.96 Å². The van der Waals surface area contributed by atoms with Gasteiger partial charge in [0.25, 0.3) is 5.91 Å². The third kappa shape index (κ3) is 3.62. The summed E-state index contributed by atoms with van der Waals surface area (Å²) in [6.45, 7) is 1.75. The molecule has 0 spiro atoms. The van der Waals surface area contributed by atoms with E-state index in [9.17, 15) is 4.79 Å². The van der Waals surface area contributed by atoms with Crippen LogP contribution < -0.4 is 16.0 Å². The van der Waals surface area contributed by atoms with Gasteiger partial charge in [-0.15, -0.1) is 0 Å². The zero-order valence-corrected chi connectivity index (χ0v) is 16.8. The van der Waals surface area contributed by atoms with Gasteiger partial charge in [-0.05, 0) is 19.1 Å². The molecule has 1 aliphatic rings. The highest BCUT2D eigenvalue weighted by atomic mass is 35.5. The Hall–Kier alpha value is -4.12. The van der Waals surface area contributed by atoms with Crippen molar-refractivity contribution in [3.8, 4) is 0 Å². The van der Waals surface area contributed by atoms with E-state index in [1.807, 2.05) is 24.3 Å². The number of halogens is 1. The molecule has 1 aliphatic heterocycles. The van der Waals surface area contributed by atoms with E-state index in [0.717, 1.165) is 0 Å². The van der Waals surface area contributed by atoms with Crippen LogP contribution in [0.1, 0.15) is 18.7 Å². The van der Waals surface area contributed by atoms with Crippen LogP contribution in [0.5, 0.6) is 0 Å². The third-order valence-corrected chi connectivity index (χ3v) is 4.88. The molecule has 4 heterocycles. The molecule has 0 fully saturated rings. The number of aromatic amines is 1. The fraction of sp³-hybridized carbons (Fsp3) is 0.105. The van der Waals surface area contributed by atoms with Gasteiger partial charge in [-0.2, -0.15) is 10.1 Å². The number of aliphatic imine (C=N–C) groups is 1. The van der Waals surface area contributed by atoms with Crippen LogP contribution in [-0.2, 0) is 4.79 Å². The van der Waals surface area contributed by atoms with E-state index >= 15 is 0 Å². The van der Waals surface area contributed by atoms with Gasteiger partial charge in [-0.25, -0.2) is 4.99 Å². The summed E-state index contributed by atoms with van der Waals surface area (Å²) in [6, 6.07) is 8.40. The standard InChI is InChI=1S/C19H15ClN8O3/c1-9-14(17(29)24-13-6-7-30-28-13)16(15-10(20)8-21-27-15)25-18(22-9)26-19-23-11-4-2-3-5-12(11)31-19/h2-8,16H,1H3,(H,21,27)(H,24,28,29)(H2,22,23,25,26). The van der Waals surface area contributed by atoms with Crippen molar-refractivity contribution >= 4 is 46.4 Å². The number of benzene rings is 1. The van der Waals surface area contributed by atoms with E-state index in [-0.39, 0.29) is 11.8 Å². The summed E-state index contributed by atoms with van der Waals surface area (Å²) in [6.07, 6.45) is 2.81. The highest BCUT2D eigenvalue weighted by Crippen LogP contribution is 2.34. The molecular formula is C19H15ClN8O3. The van der Waals surface area contributed by atoms with E-state index in [4.69, 9.17) is 20.5 Å². The molecule has 0 bridgehead atoms. The highest BCUT2D eigenvalue weighted by Gasteiger charge is 2.32. The number of fused-ring (bicyclic) bond motifs is 1. The van der Waals surface area contributed by atoms with Crippen LogP contribution in [0.3, 0.4) is 0 Å².